The second-order valence-corrected chi connectivity index (χ2v) is 4.39. The number of nitrogens with one attached hydrogen (secondary N) is 1. The van der Waals surface area contributed by atoms with Gasteiger partial charge in [0.15, 0.2) is 5.69 Å². The molecule has 2 aromatic rings. The summed E-state index contributed by atoms with van der Waals surface area (Å²) in [6, 6.07) is 11.1. The van der Waals surface area contributed by atoms with E-state index in [1.807, 2.05) is 31.2 Å². The Labute approximate surface area is 123 Å². The third kappa shape index (κ3) is 4.45. The van der Waals surface area contributed by atoms with Crippen molar-refractivity contribution in [1.82, 2.24) is 10.2 Å². The van der Waals surface area contributed by atoms with Crippen LogP contribution in [-0.2, 0) is 4.74 Å². The molecule has 2 rings (SSSR count). The van der Waals surface area contributed by atoms with E-state index < -0.39 is 5.97 Å². The molecule has 0 atom stereocenters. The molecule has 0 aliphatic heterocycles. The van der Waals surface area contributed by atoms with E-state index in [9.17, 15) is 4.79 Å². The normalized spacial score (nSPS) is 10.0. The van der Waals surface area contributed by atoms with E-state index in [1.54, 1.807) is 12.1 Å². The summed E-state index contributed by atoms with van der Waals surface area (Å²) >= 11 is 0. The number of benzene rings is 1. The molecule has 0 amide bonds. The molecule has 21 heavy (non-hydrogen) atoms. The van der Waals surface area contributed by atoms with Crippen LogP contribution in [0.2, 0.25) is 0 Å². The van der Waals surface area contributed by atoms with Gasteiger partial charge in [-0.05, 0) is 36.8 Å². The van der Waals surface area contributed by atoms with Crippen molar-refractivity contribution in [1.29, 1.82) is 0 Å². The molecule has 1 heterocycles. The molecule has 0 saturated carbocycles. The Kier molecular flexibility index (Phi) is 5.09. The number of hydrogen-bond acceptors (Lipinski definition) is 6. The number of ether oxygens (including phenoxy) is 2. The standard InChI is InChI=1S/C15H17N3O3/c1-11-4-3-5-12(10-11)21-9-8-16-14-7-6-13(17-18-14)15(19)20-2/h3-7,10H,8-9H2,1-2H3,(H,16,18). The van der Waals surface area contributed by atoms with Crippen LogP contribution in [0.1, 0.15) is 16.1 Å². The number of anilines is 1. The monoisotopic (exact) mass is 287 g/mol. The van der Waals surface area contributed by atoms with Crippen LogP contribution in [0.15, 0.2) is 36.4 Å². The number of nitrogens with zero attached hydrogens (tertiary/aromatic N) is 2. The van der Waals surface area contributed by atoms with Gasteiger partial charge in [-0.15, -0.1) is 10.2 Å². The zero-order valence-corrected chi connectivity index (χ0v) is 12.0. The van der Waals surface area contributed by atoms with E-state index in [0.29, 0.717) is 19.0 Å². The van der Waals surface area contributed by atoms with Gasteiger partial charge in [-0.1, -0.05) is 12.1 Å². The van der Waals surface area contributed by atoms with Crippen LogP contribution in [0, 0.1) is 6.92 Å². The van der Waals surface area contributed by atoms with Gasteiger partial charge in [-0.25, -0.2) is 4.79 Å². The minimum Gasteiger partial charge on any atom is -0.492 e. The molecule has 0 fully saturated rings. The maximum atomic E-state index is 11.2. The van der Waals surface area contributed by atoms with E-state index in [4.69, 9.17) is 4.74 Å². The van der Waals surface area contributed by atoms with Gasteiger partial charge in [-0.3, -0.25) is 0 Å². The zero-order chi connectivity index (χ0) is 15.1. The van der Waals surface area contributed by atoms with Crippen LogP contribution in [0.25, 0.3) is 0 Å². The SMILES string of the molecule is COC(=O)c1ccc(NCCOc2cccc(C)c2)nn1. The number of aryl methyl sites for hydroxylation is 1. The van der Waals surface area contributed by atoms with Gasteiger partial charge in [0.2, 0.25) is 0 Å². The van der Waals surface area contributed by atoms with Crippen molar-refractivity contribution >= 4 is 11.8 Å². The van der Waals surface area contributed by atoms with Crippen molar-refractivity contribution in [2.24, 2.45) is 0 Å². The minimum absolute atomic E-state index is 0.180. The lowest BCUT2D eigenvalue weighted by Crippen LogP contribution is -2.13. The van der Waals surface area contributed by atoms with E-state index in [-0.39, 0.29) is 5.69 Å². The summed E-state index contributed by atoms with van der Waals surface area (Å²) in [5.41, 5.74) is 1.34. The minimum atomic E-state index is -0.503. The fourth-order valence-electron chi connectivity index (χ4n) is 1.69. The van der Waals surface area contributed by atoms with Crippen molar-refractivity contribution in [3.05, 3.63) is 47.7 Å². The Morgan fingerprint density at radius 2 is 2.10 bits per heavy atom. The molecule has 1 aromatic carbocycles. The van der Waals surface area contributed by atoms with E-state index in [2.05, 4.69) is 20.3 Å². The van der Waals surface area contributed by atoms with Gasteiger partial charge < -0.3 is 14.8 Å². The van der Waals surface area contributed by atoms with Crippen LogP contribution in [0.4, 0.5) is 5.82 Å². The summed E-state index contributed by atoms with van der Waals surface area (Å²) in [5, 5.41) is 10.7. The third-order valence-electron chi connectivity index (χ3n) is 2.73. The van der Waals surface area contributed by atoms with Crippen LogP contribution in [-0.4, -0.2) is 36.4 Å². The highest BCUT2D eigenvalue weighted by molar-refractivity contribution is 5.86. The van der Waals surface area contributed by atoms with Gasteiger partial charge >= 0.3 is 5.97 Å². The van der Waals surface area contributed by atoms with Gasteiger partial charge in [-0.2, -0.15) is 0 Å². The molecule has 1 aromatic heterocycles. The molecule has 0 bridgehead atoms. The summed E-state index contributed by atoms with van der Waals surface area (Å²) in [4.78, 5) is 11.2. The van der Waals surface area contributed by atoms with Crippen molar-refractivity contribution in [3.8, 4) is 5.75 Å². The Hall–Kier alpha value is -2.63. The number of carbonyl (C=O) groups is 1. The summed E-state index contributed by atoms with van der Waals surface area (Å²) < 4.78 is 10.2. The molecule has 110 valence electrons. The number of carbonyl (C=O) groups excluding carboxylic acids is 1. The maximum absolute atomic E-state index is 11.2. The largest absolute Gasteiger partial charge is 0.492 e. The molecular formula is C15H17N3O3. The van der Waals surface area contributed by atoms with Crippen molar-refractivity contribution < 1.29 is 14.3 Å². The number of rotatable bonds is 6. The lowest BCUT2D eigenvalue weighted by molar-refractivity contribution is 0.0593. The first-order valence-corrected chi connectivity index (χ1v) is 6.54. The van der Waals surface area contributed by atoms with Crippen molar-refractivity contribution in [3.63, 3.8) is 0 Å². The predicted octanol–water partition coefficient (Wildman–Crippen LogP) is 2.06. The molecule has 1 N–H and O–H groups in total. The maximum Gasteiger partial charge on any atom is 0.358 e. The number of methoxy groups -OCH3 is 1. The zero-order valence-electron chi connectivity index (χ0n) is 12.0. The van der Waals surface area contributed by atoms with Crippen LogP contribution in [0.3, 0.4) is 0 Å². The highest BCUT2D eigenvalue weighted by Crippen LogP contribution is 2.12. The van der Waals surface area contributed by atoms with Gasteiger partial charge in [0.1, 0.15) is 18.2 Å². The fourth-order valence-corrected chi connectivity index (χ4v) is 1.69. The first-order chi connectivity index (χ1) is 10.2. The van der Waals surface area contributed by atoms with Crippen LogP contribution >= 0.6 is 0 Å². The lowest BCUT2D eigenvalue weighted by Gasteiger charge is -2.08. The lowest BCUT2D eigenvalue weighted by atomic mass is 10.2. The molecule has 0 spiro atoms. The average Bonchev–Trinajstić information content (AvgIpc) is 2.51. The highest BCUT2D eigenvalue weighted by atomic mass is 16.5. The van der Waals surface area contributed by atoms with Crippen molar-refractivity contribution in [2.75, 3.05) is 25.6 Å². The van der Waals surface area contributed by atoms with E-state index in [1.165, 1.54) is 7.11 Å². The third-order valence-corrected chi connectivity index (χ3v) is 2.73. The molecule has 0 aliphatic rings. The predicted molar refractivity (Wildman–Crippen MR) is 78.5 cm³/mol. The second-order valence-electron chi connectivity index (χ2n) is 4.39. The van der Waals surface area contributed by atoms with Crippen molar-refractivity contribution in [2.45, 2.75) is 6.92 Å². The van der Waals surface area contributed by atoms with Gasteiger partial charge in [0.25, 0.3) is 0 Å². The molecule has 0 radical (unpaired) electrons. The quantitative estimate of drug-likeness (QED) is 0.647. The topological polar surface area (TPSA) is 73.3 Å². The average molecular weight is 287 g/mol. The smallest absolute Gasteiger partial charge is 0.358 e. The second kappa shape index (κ2) is 7.23. The summed E-state index contributed by atoms with van der Waals surface area (Å²) in [6.45, 7) is 3.10. The number of esters is 1. The Morgan fingerprint density at radius 1 is 1.24 bits per heavy atom. The Balaban J connectivity index is 1.77. The number of aromatic nitrogens is 2. The van der Waals surface area contributed by atoms with E-state index >= 15 is 0 Å². The summed E-state index contributed by atoms with van der Waals surface area (Å²) in [7, 11) is 1.30. The van der Waals surface area contributed by atoms with Gasteiger partial charge in [0, 0.05) is 0 Å². The number of hydrogen-bond donors (Lipinski definition) is 1. The van der Waals surface area contributed by atoms with E-state index in [0.717, 1.165) is 11.3 Å². The molecule has 0 saturated heterocycles. The van der Waals surface area contributed by atoms with Gasteiger partial charge in [0.05, 0.1) is 13.7 Å². The summed E-state index contributed by atoms with van der Waals surface area (Å²) in [5.74, 6) is 0.913. The van der Waals surface area contributed by atoms with Crippen LogP contribution in [0.5, 0.6) is 5.75 Å². The molecule has 6 nitrogen and oxygen atoms in total. The molecule has 0 unspecified atom stereocenters. The fraction of sp³-hybridized carbons (Fsp3) is 0.267. The molecular weight excluding hydrogens is 270 g/mol. The summed E-state index contributed by atoms with van der Waals surface area (Å²) in [6.07, 6.45) is 0. The highest BCUT2D eigenvalue weighted by Gasteiger charge is 2.07. The first-order valence-electron chi connectivity index (χ1n) is 6.54. The molecule has 6 heteroatoms. The first kappa shape index (κ1) is 14.8. The Morgan fingerprint density at radius 3 is 2.76 bits per heavy atom. The van der Waals surface area contributed by atoms with Crippen LogP contribution < -0.4 is 10.1 Å². The Bertz CT molecular complexity index is 599. The molecule has 0 aliphatic carbocycles.